The highest BCUT2D eigenvalue weighted by molar-refractivity contribution is 5.87. The minimum absolute atomic E-state index is 0.255. The predicted octanol–water partition coefficient (Wildman–Crippen LogP) is 6.87. The molecule has 0 aliphatic heterocycles. The van der Waals surface area contributed by atoms with Crippen molar-refractivity contribution >= 4 is 12.0 Å². The van der Waals surface area contributed by atoms with Gasteiger partial charge >= 0.3 is 5.97 Å². The van der Waals surface area contributed by atoms with E-state index in [4.69, 9.17) is 5.11 Å². The molecule has 2 fully saturated rings. The first kappa shape index (κ1) is 19.6. The Labute approximate surface area is 180 Å². The molecule has 1 N–H and O–H groups in total. The van der Waals surface area contributed by atoms with Crippen molar-refractivity contribution < 1.29 is 9.90 Å². The molecule has 3 aliphatic rings. The minimum Gasteiger partial charge on any atom is -0.478 e. The molecule has 3 aliphatic carbocycles. The Morgan fingerprint density at radius 2 is 1.60 bits per heavy atom. The zero-order valence-corrected chi connectivity index (χ0v) is 18.6. The van der Waals surface area contributed by atoms with E-state index in [2.05, 4.69) is 52.0 Å². The average Bonchev–Trinajstić information content (AvgIpc) is 3.35. The van der Waals surface area contributed by atoms with Crippen LogP contribution in [0.2, 0.25) is 0 Å². The van der Waals surface area contributed by atoms with E-state index in [1.165, 1.54) is 31.3 Å². The summed E-state index contributed by atoms with van der Waals surface area (Å²) in [5.74, 6) is -0.218. The van der Waals surface area contributed by atoms with Crippen LogP contribution in [0.3, 0.4) is 0 Å². The van der Waals surface area contributed by atoms with Crippen molar-refractivity contribution in [3.63, 3.8) is 0 Å². The molecule has 2 aromatic carbocycles. The molecular weight excluding hydrogens is 368 g/mol. The number of fused-ring (bicyclic) bond motifs is 2. The molecule has 2 atom stereocenters. The van der Waals surface area contributed by atoms with Crippen LogP contribution in [0.15, 0.2) is 48.0 Å². The van der Waals surface area contributed by atoms with Crippen LogP contribution in [0.4, 0.5) is 0 Å². The van der Waals surface area contributed by atoms with Gasteiger partial charge in [-0.3, -0.25) is 0 Å². The summed E-state index contributed by atoms with van der Waals surface area (Å²) < 4.78 is 0. The molecule has 2 nitrogen and oxygen atoms in total. The standard InChI is InChI=1S/C28H32O2/c1-26(2)13-14-27(3,4)23-16-21(9-10-22(23)26)28-12-11-20(24(28)17-28)15-18-5-7-19(8-6-18)25(29)30/h5-10,15-16,24H,11-14,17H2,1-4H3,(H,29,30)/b20-15+. The van der Waals surface area contributed by atoms with E-state index in [0.717, 1.165) is 12.0 Å². The lowest BCUT2D eigenvalue weighted by Gasteiger charge is -2.42. The molecule has 0 saturated heterocycles. The number of hydrogen-bond donors (Lipinski definition) is 1. The summed E-state index contributed by atoms with van der Waals surface area (Å²) in [7, 11) is 0. The lowest BCUT2D eigenvalue weighted by Crippen LogP contribution is -2.34. The number of allylic oxidation sites excluding steroid dienone is 1. The third-order valence-electron chi connectivity index (χ3n) is 8.32. The second-order valence-corrected chi connectivity index (χ2v) is 11.1. The number of aromatic carboxylic acids is 1. The first-order valence-corrected chi connectivity index (χ1v) is 11.3. The maximum absolute atomic E-state index is 11.1. The Morgan fingerprint density at radius 1 is 0.933 bits per heavy atom. The number of rotatable bonds is 3. The molecule has 0 bridgehead atoms. The van der Waals surface area contributed by atoms with Gasteiger partial charge < -0.3 is 5.11 Å². The van der Waals surface area contributed by atoms with E-state index in [-0.39, 0.29) is 10.8 Å². The Kier molecular flexibility index (Phi) is 4.13. The van der Waals surface area contributed by atoms with Crippen molar-refractivity contribution in [3.05, 3.63) is 75.9 Å². The van der Waals surface area contributed by atoms with Crippen molar-refractivity contribution in [2.45, 2.75) is 76.0 Å². The maximum Gasteiger partial charge on any atom is 0.335 e. The second-order valence-electron chi connectivity index (χ2n) is 11.1. The van der Waals surface area contributed by atoms with Crippen molar-refractivity contribution in [1.29, 1.82) is 0 Å². The summed E-state index contributed by atoms with van der Waals surface area (Å²) in [6, 6.07) is 14.7. The van der Waals surface area contributed by atoms with Crippen LogP contribution in [0, 0.1) is 5.92 Å². The van der Waals surface area contributed by atoms with Gasteiger partial charge in [0.2, 0.25) is 0 Å². The van der Waals surface area contributed by atoms with Gasteiger partial charge in [-0.15, -0.1) is 0 Å². The van der Waals surface area contributed by atoms with Crippen molar-refractivity contribution in [1.82, 2.24) is 0 Å². The number of carboxylic acids is 1. The van der Waals surface area contributed by atoms with Crippen molar-refractivity contribution in [3.8, 4) is 0 Å². The molecular formula is C28H32O2. The maximum atomic E-state index is 11.1. The van der Waals surface area contributed by atoms with Crippen LogP contribution >= 0.6 is 0 Å². The van der Waals surface area contributed by atoms with Crippen LogP contribution in [0.1, 0.15) is 92.4 Å². The molecule has 156 valence electrons. The lowest BCUT2D eigenvalue weighted by atomic mass is 9.62. The highest BCUT2D eigenvalue weighted by Crippen LogP contribution is 2.67. The summed E-state index contributed by atoms with van der Waals surface area (Å²) >= 11 is 0. The molecule has 2 unspecified atom stereocenters. The topological polar surface area (TPSA) is 37.3 Å². The highest BCUT2D eigenvalue weighted by Gasteiger charge is 2.60. The molecule has 0 spiro atoms. The van der Waals surface area contributed by atoms with Gasteiger partial charge in [0.15, 0.2) is 0 Å². The summed E-state index contributed by atoms with van der Waals surface area (Å²) in [6.07, 6.45) is 8.46. The van der Waals surface area contributed by atoms with Gasteiger partial charge in [0, 0.05) is 5.41 Å². The van der Waals surface area contributed by atoms with Crippen molar-refractivity contribution in [2.24, 2.45) is 5.92 Å². The van der Waals surface area contributed by atoms with Gasteiger partial charge in [-0.1, -0.05) is 69.7 Å². The fraction of sp³-hybridized carbons (Fsp3) is 0.464. The Morgan fingerprint density at radius 3 is 2.23 bits per heavy atom. The van der Waals surface area contributed by atoms with Gasteiger partial charge in [-0.2, -0.15) is 0 Å². The smallest absolute Gasteiger partial charge is 0.335 e. The van der Waals surface area contributed by atoms with Gasteiger partial charge in [-0.25, -0.2) is 4.79 Å². The van der Waals surface area contributed by atoms with Crippen LogP contribution < -0.4 is 0 Å². The van der Waals surface area contributed by atoms with Crippen LogP contribution in [-0.2, 0) is 16.2 Å². The van der Waals surface area contributed by atoms with Gasteiger partial charge in [-0.05, 0) is 83.2 Å². The molecule has 2 heteroatoms. The van der Waals surface area contributed by atoms with Crippen LogP contribution in [0.25, 0.3) is 6.08 Å². The Balaban J connectivity index is 1.44. The summed E-state index contributed by atoms with van der Waals surface area (Å²) in [5, 5.41) is 9.11. The average molecular weight is 401 g/mol. The molecule has 0 heterocycles. The third-order valence-corrected chi connectivity index (χ3v) is 8.32. The molecule has 2 aromatic rings. The quantitative estimate of drug-likeness (QED) is 0.610. The Hall–Kier alpha value is -2.35. The minimum atomic E-state index is -0.866. The van der Waals surface area contributed by atoms with Gasteiger partial charge in [0.05, 0.1) is 5.56 Å². The summed E-state index contributed by atoms with van der Waals surface area (Å²) in [5.41, 5.74) is 8.52. The normalized spacial score (nSPS) is 29.3. The monoisotopic (exact) mass is 400 g/mol. The second kappa shape index (κ2) is 6.33. The molecule has 0 amide bonds. The van der Waals surface area contributed by atoms with E-state index < -0.39 is 5.97 Å². The zero-order valence-electron chi connectivity index (χ0n) is 18.6. The number of benzene rings is 2. The molecule has 0 radical (unpaired) electrons. The molecule has 30 heavy (non-hydrogen) atoms. The van der Waals surface area contributed by atoms with E-state index in [9.17, 15) is 4.79 Å². The highest BCUT2D eigenvalue weighted by atomic mass is 16.4. The molecule has 0 aromatic heterocycles. The summed E-state index contributed by atoms with van der Waals surface area (Å²) in [4.78, 5) is 11.1. The fourth-order valence-corrected chi connectivity index (χ4v) is 6.08. The predicted molar refractivity (Wildman–Crippen MR) is 122 cm³/mol. The van der Waals surface area contributed by atoms with Crippen molar-refractivity contribution in [2.75, 3.05) is 0 Å². The van der Waals surface area contributed by atoms with E-state index in [0.29, 0.717) is 16.9 Å². The third kappa shape index (κ3) is 2.95. The summed E-state index contributed by atoms with van der Waals surface area (Å²) in [6.45, 7) is 9.61. The molecule has 5 rings (SSSR count). The van der Waals surface area contributed by atoms with E-state index in [1.54, 1.807) is 28.8 Å². The van der Waals surface area contributed by atoms with E-state index >= 15 is 0 Å². The number of carbonyl (C=O) groups is 1. The SMILES string of the molecule is CC1(C)CCC(C)(C)c2cc(C34CC/C(=C\c5ccc(C(=O)O)cc5)C3C4)ccc21. The number of hydrogen-bond acceptors (Lipinski definition) is 1. The first-order chi connectivity index (χ1) is 14.1. The molecule has 2 saturated carbocycles. The fourth-order valence-electron chi connectivity index (χ4n) is 6.08. The van der Waals surface area contributed by atoms with Gasteiger partial charge in [0.25, 0.3) is 0 Å². The van der Waals surface area contributed by atoms with Gasteiger partial charge in [0.1, 0.15) is 0 Å². The van der Waals surface area contributed by atoms with Crippen LogP contribution in [0.5, 0.6) is 0 Å². The largest absolute Gasteiger partial charge is 0.478 e. The van der Waals surface area contributed by atoms with Crippen LogP contribution in [-0.4, -0.2) is 11.1 Å². The lowest BCUT2D eigenvalue weighted by molar-refractivity contribution is 0.0697. The zero-order chi connectivity index (χ0) is 21.3. The van der Waals surface area contributed by atoms with E-state index in [1.807, 2.05) is 12.1 Å². The number of carboxylic acid groups (broad SMARTS) is 1. The first-order valence-electron chi connectivity index (χ1n) is 11.3. The Bertz CT molecular complexity index is 1050.